The fourth-order valence-electron chi connectivity index (χ4n) is 8.35. The van der Waals surface area contributed by atoms with Gasteiger partial charge in [-0.15, -0.1) is 0 Å². The molecule has 0 aromatic rings. The zero-order valence-electron chi connectivity index (χ0n) is 33.4. The average Bonchev–Trinajstić information content (AvgIpc) is 3.71. The molecule has 7 rings (SSSR count). The molecule has 3 heterocycles. The number of fused-ring (bicyclic) bond motifs is 1. The number of rotatable bonds is 14. The molecule has 0 amide bonds. The summed E-state index contributed by atoms with van der Waals surface area (Å²) in [5.41, 5.74) is -2.22. The van der Waals surface area contributed by atoms with Crippen molar-refractivity contribution in [1.82, 2.24) is 0 Å². The zero-order valence-corrected chi connectivity index (χ0v) is 33.4. The minimum absolute atomic E-state index is 0.0828. The van der Waals surface area contributed by atoms with Crippen molar-refractivity contribution in [3.63, 3.8) is 0 Å². The minimum atomic E-state index is -0.555. The molecule has 4 saturated carbocycles. The second-order valence-corrected chi connectivity index (χ2v) is 18.0. The molecule has 0 spiro atoms. The second-order valence-electron chi connectivity index (χ2n) is 18.0. The molecule has 0 radical (unpaired) electrons. The van der Waals surface area contributed by atoms with E-state index in [9.17, 15) is 24.3 Å². The number of aliphatic hydroxyl groups is 1. The predicted octanol–water partition coefficient (Wildman–Crippen LogP) is 6.07. The molecule has 3 aliphatic heterocycles. The van der Waals surface area contributed by atoms with E-state index >= 15 is 0 Å². The molecule has 12 nitrogen and oxygen atoms in total. The van der Waals surface area contributed by atoms with Gasteiger partial charge in [0.2, 0.25) is 0 Å². The van der Waals surface area contributed by atoms with Crippen LogP contribution in [-0.4, -0.2) is 91.7 Å². The molecule has 298 valence electrons. The van der Waals surface area contributed by atoms with Crippen molar-refractivity contribution in [3.8, 4) is 0 Å². The van der Waals surface area contributed by atoms with E-state index in [2.05, 4.69) is 0 Å². The van der Waals surface area contributed by atoms with Crippen molar-refractivity contribution >= 4 is 23.9 Å². The van der Waals surface area contributed by atoms with Gasteiger partial charge in [0.1, 0.15) is 18.5 Å². The lowest BCUT2D eigenvalue weighted by molar-refractivity contribution is -0.225. The Morgan fingerprint density at radius 3 is 1.94 bits per heavy atom. The molecule has 52 heavy (non-hydrogen) atoms. The molecule has 7 aliphatic rings. The Morgan fingerprint density at radius 1 is 0.808 bits per heavy atom. The maximum atomic E-state index is 12.4. The van der Waals surface area contributed by atoms with Gasteiger partial charge in [0.25, 0.3) is 0 Å². The molecule has 3 saturated heterocycles. The Bertz CT molecular complexity index is 1260. The second kappa shape index (κ2) is 16.6. The normalized spacial score (nSPS) is 33.8. The number of hydrogen-bond donors (Lipinski definition) is 1. The van der Waals surface area contributed by atoms with Gasteiger partial charge < -0.3 is 38.3 Å². The first-order valence-electron chi connectivity index (χ1n) is 19.5. The number of carbonyl (C=O) groups excluding carboxylic acids is 4. The van der Waals surface area contributed by atoms with Gasteiger partial charge >= 0.3 is 23.9 Å². The van der Waals surface area contributed by atoms with Crippen LogP contribution in [0.3, 0.4) is 0 Å². The molecule has 0 aromatic heterocycles. The Morgan fingerprint density at radius 2 is 1.38 bits per heavy atom. The van der Waals surface area contributed by atoms with E-state index < -0.39 is 28.6 Å². The fourth-order valence-corrected chi connectivity index (χ4v) is 8.35. The molecular formula is C40H66O12. The first-order chi connectivity index (χ1) is 24.2. The summed E-state index contributed by atoms with van der Waals surface area (Å²) in [6, 6.07) is 0. The van der Waals surface area contributed by atoms with Crippen LogP contribution in [0.15, 0.2) is 0 Å². The Hall–Kier alpha value is -2.28. The van der Waals surface area contributed by atoms with Crippen LogP contribution in [0.2, 0.25) is 0 Å². The minimum Gasteiger partial charge on any atom is -0.465 e. The number of ether oxygens (including phenoxy) is 7. The molecule has 6 bridgehead atoms. The van der Waals surface area contributed by atoms with E-state index in [1.165, 1.54) is 6.42 Å². The topological polar surface area (TPSA) is 153 Å². The van der Waals surface area contributed by atoms with E-state index in [4.69, 9.17) is 33.2 Å². The van der Waals surface area contributed by atoms with Crippen LogP contribution in [0, 0.1) is 34.0 Å². The summed E-state index contributed by atoms with van der Waals surface area (Å²) in [4.78, 5) is 47.5. The third-order valence-corrected chi connectivity index (χ3v) is 12.5. The Balaban J connectivity index is 0.000000176. The highest BCUT2D eigenvalue weighted by Crippen LogP contribution is 2.59. The van der Waals surface area contributed by atoms with Gasteiger partial charge in [-0.25, -0.2) is 0 Å². The first kappa shape index (κ1) is 42.5. The lowest BCUT2D eigenvalue weighted by atomic mass is 9.52. The van der Waals surface area contributed by atoms with E-state index in [-0.39, 0.29) is 59.8 Å². The van der Waals surface area contributed by atoms with Crippen molar-refractivity contribution in [1.29, 1.82) is 0 Å². The highest BCUT2D eigenvalue weighted by atomic mass is 16.7. The molecule has 0 aromatic carbocycles. The van der Waals surface area contributed by atoms with E-state index in [1.54, 1.807) is 7.11 Å². The van der Waals surface area contributed by atoms with Crippen LogP contribution in [0.1, 0.15) is 133 Å². The number of carbonyl (C=O) groups is 4. The molecule has 1 N–H and O–H groups in total. The summed E-state index contributed by atoms with van der Waals surface area (Å²) in [7, 11) is 1.57. The van der Waals surface area contributed by atoms with Crippen molar-refractivity contribution in [3.05, 3.63) is 0 Å². The molecule has 7 fully saturated rings. The van der Waals surface area contributed by atoms with Gasteiger partial charge in [-0.3, -0.25) is 19.2 Å². The van der Waals surface area contributed by atoms with Gasteiger partial charge in [0, 0.05) is 20.0 Å². The van der Waals surface area contributed by atoms with Crippen LogP contribution in [0.4, 0.5) is 0 Å². The van der Waals surface area contributed by atoms with Gasteiger partial charge in [-0.05, 0) is 111 Å². The van der Waals surface area contributed by atoms with E-state index in [1.807, 2.05) is 62.3 Å². The molecular weight excluding hydrogens is 672 g/mol. The lowest BCUT2D eigenvalue weighted by Crippen LogP contribution is -2.61. The third-order valence-electron chi connectivity index (χ3n) is 12.5. The fraction of sp³-hybridized carbons (Fsp3) is 0.900. The number of esters is 4. The largest absolute Gasteiger partial charge is 0.465 e. The summed E-state index contributed by atoms with van der Waals surface area (Å²) < 4.78 is 37.3. The summed E-state index contributed by atoms with van der Waals surface area (Å²) >= 11 is 0. The molecule has 7 unspecified atom stereocenters. The van der Waals surface area contributed by atoms with Crippen LogP contribution in [0.5, 0.6) is 0 Å². The standard InChI is InChI=1S/C16H26O3.C13H18O5.C11H22O4/c1-4-14(2,3)13(17)19-16-8-11-5-12(9-16)7-15(18,6-11)10-16;1-4-13(2,3)12(15)18-9-7-5-6-8(16-7)10(9)17-11(6)14;1-5-11(2,3)10(12)15-8-6-7-14-9-13-4/h11-12,18H,4-10H2,1-3H3;6-10H,4-5H2,1-3H3;5-9H2,1-4H3. The van der Waals surface area contributed by atoms with Crippen molar-refractivity contribution in [2.24, 2.45) is 34.0 Å². The lowest BCUT2D eigenvalue weighted by Gasteiger charge is -2.59. The number of hydrogen-bond acceptors (Lipinski definition) is 12. The maximum Gasteiger partial charge on any atom is 0.312 e. The van der Waals surface area contributed by atoms with Crippen LogP contribution in [-0.2, 0) is 52.3 Å². The summed E-state index contributed by atoms with van der Waals surface area (Å²) in [6.07, 6.45) is 8.07. The van der Waals surface area contributed by atoms with Gasteiger partial charge in [0.05, 0.1) is 47.1 Å². The smallest absolute Gasteiger partial charge is 0.312 e. The van der Waals surface area contributed by atoms with Gasteiger partial charge in [-0.1, -0.05) is 20.8 Å². The van der Waals surface area contributed by atoms with E-state index in [0.717, 1.165) is 38.5 Å². The molecule has 7 atom stereocenters. The molecule has 4 aliphatic carbocycles. The monoisotopic (exact) mass is 738 g/mol. The van der Waals surface area contributed by atoms with Crippen molar-refractivity contribution in [2.45, 2.75) is 169 Å². The quantitative estimate of drug-likeness (QED) is 0.0952. The van der Waals surface area contributed by atoms with E-state index in [0.29, 0.717) is 50.7 Å². The summed E-state index contributed by atoms with van der Waals surface area (Å²) in [5, 5.41) is 10.6. The predicted molar refractivity (Wildman–Crippen MR) is 191 cm³/mol. The van der Waals surface area contributed by atoms with Crippen LogP contribution < -0.4 is 0 Å². The van der Waals surface area contributed by atoms with Crippen molar-refractivity contribution in [2.75, 3.05) is 27.1 Å². The Kier molecular flexibility index (Phi) is 13.6. The van der Waals surface area contributed by atoms with Gasteiger partial charge in [0.15, 0.2) is 12.2 Å². The average molecular weight is 739 g/mol. The first-order valence-corrected chi connectivity index (χ1v) is 19.5. The van der Waals surface area contributed by atoms with Gasteiger partial charge in [-0.2, -0.15) is 0 Å². The summed E-state index contributed by atoms with van der Waals surface area (Å²) in [5.74, 6) is 0.297. The van der Waals surface area contributed by atoms with Crippen LogP contribution >= 0.6 is 0 Å². The highest BCUT2D eigenvalue weighted by Gasteiger charge is 2.65. The SMILES string of the molecule is CCC(C)(C)C(=O)OC12CC3CC(CC(O)(C3)C1)C2.CCC(C)(C)C(=O)OC1C2CC3C(=O)OC1C3O2.CCC(C)(C)C(=O)OCCCOCOC. The van der Waals surface area contributed by atoms with Crippen molar-refractivity contribution < 1.29 is 57.4 Å². The van der Waals surface area contributed by atoms with Crippen LogP contribution in [0.25, 0.3) is 0 Å². The zero-order chi connectivity index (χ0) is 38.7. The summed E-state index contributed by atoms with van der Waals surface area (Å²) in [6.45, 7) is 18.6. The maximum absolute atomic E-state index is 12.4. The highest BCUT2D eigenvalue weighted by molar-refractivity contribution is 5.79. The Labute approximate surface area is 310 Å². The third kappa shape index (κ3) is 9.68. The number of methoxy groups -OCH3 is 1. The molecule has 12 heteroatoms.